The second kappa shape index (κ2) is 2.97. The van der Waals surface area contributed by atoms with Gasteiger partial charge in [-0.3, -0.25) is 9.69 Å². The third kappa shape index (κ3) is 0.996. The monoisotopic (exact) mass is 196 g/mol. The van der Waals surface area contributed by atoms with Crippen molar-refractivity contribution in [2.24, 2.45) is 0 Å². The van der Waals surface area contributed by atoms with Crippen LogP contribution in [0.3, 0.4) is 0 Å². The van der Waals surface area contributed by atoms with E-state index >= 15 is 0 Å². The first-order chi connectivity index (χ1) is 6.59. The van der Waals surface area contributed by atoms with Crippen molar-refractivity contribution < 1.29 is 9.59 Å². The summed E-state index contributed by atoms with van der Waals surface area (Å²) < 4.78 is 0. The summed E-state index contributed by atoms with van der Waals surface area (Å²) in [5, 5.41) is 0. The largest absolute Gasteiger partial charge is 0.327 e. The van der Waals surface area contributed by atoms with Crippen molar-refractivity contribution in [1.82, 2.24) is 9.80 Å². The molecule has 1 spiro atoms. The fourth-order valence-electron chi connectivity index (χ4n) is 2.64. The molecule has 0 N–H and O–H groups in total. The van der Waals surface area contributed by atoms with E-state index < -0.39 is 5.54 Å². The number of nitrogens with zero attached hydrogens (tertiary/aromatic N) is 2. The van der Waals surface area contributed by atoms with Crippen molar-refractivity contribution in [2.75, 3.05) is 14.1 Å². The van der Waals surface area contributed by atoms with Gasteiger partial charge in [0.1, 0.15) is 5.54 Å². The Morgan fingerprint density at radius 3 is 2.07 bits per heavy atom. The number of amides is 3. The first-order valence-electron chi connectivity index (χ1n) is 5.15. The van der Waals surface area contributed by atoms with E-state index in [9.17, 15) is 9.59 Å². The second-order valence-corrected chi connectivity index (χ2v) is 4.30. The summed E-state index contributed by atoms with van der Waals surface area (Å²) in [5.74, 6) is -0.00954. The SMILES string of the molecule is CN1C(=O)N(C)C2(CCCCC2)C1=O. The molecule has 0 aromatic rings. The quantitative estimate of drug-likeness (QED) is 0.546. The molecule has 2 fully saturated rings. The topological polar surface area (TPSA) is 40.6 Å². The van der Waals surface area contributed by atoms with Gasteiger partial charge < -0.3 is 4.90 Å². The molecule has 2 aliphatic rings. The van der Waals surface area contributed by atoms with E-state index in [2.05, 4.69) is 0 Å². The molecule has 0 atom stereocenters. The van der Waals surface area contributed by atoms with Crippen molar-refractivity contribution in [2.45, 2.75) is 37.6 Å². The highest BCUT2D eigenvalue weighted by Crippen LogP contribution is 2.38. The Labute approximate surface area is 83.9 Å². The van der Waals surface area contributed by atoms with E-state index in [1.165, 1.54) is 11.3 Å². The molecule has 1 saturated carbocycles. The predicted molar refractivity (Wildman–Crippen MR) is 51.7 cm³/mol. The first-order valence-corrected chi connectivity index (χ1v) is 5.15. The lowest BCUT2D eigenvalue weighted by Gasteiger charge is -2.35. The fraction of sp³-hybridized carbons (Fsp3) is 0.800. The second-order valence-electron chi connectivity index (χ2n) is 4.30. The van der Waals surface area contributed by atoms with Crippen LogP contribution < -0.4 is 0 Å². The Bertz CT molecular complexity index is 282. The lowest BCUT2D eigenvalue weighted by atomic mass is 9.81. The average Bonchev–Trinajstić information content (AvgIpc) is 2.37. The molecule has 4 nitrogen and oxygen atoms in total. The highest BCUT2D eigenvalue weighted by molar-refractivity contribution is 6.06. The number of hydrogen-bond acceptors (Lipinski definition) is 2. The number of urea groups is 1. The lowest BCUT2D eigenvalue weighted by molar-refractivity contribution is -0.133. The van der Waals surface area contributed by atoms with Crippen molar-refractivity contribution in [1.29, 1.82) is 0 Å². The van der Waals surface area contributed by atoms with E-state index in [0.29, 0.717) is 0 Å². The highest BCUT2D eigenvalue weighted by atomic mass is 16.2. The van der Waals surface area contributed by atoms with Crippen molar-refractivity contribution >= 4 is 11.9 Å². The van der Waals surface area contributed by atoms with Crippen LogP contribution in [0.25, 0.3) is 0 Å². The molecule has 14 heavy (non-hydrogen) atoms. The molecule has 0 aromatic heterocycles. The van der Waals surface area contributed by atoms with Gasteiger partial charge in [-0.05, 0) is 12.8 Å². The van der Waals surface area contributed by atoms with Crippen LogP contribution in [-0.2, 0) is 4.79 Å². The Morgan fingerprint density at radius 2 is 1.64 bits per heavy atom. The van der Waals surface area contributed by atoms with E-state index in [0.717, 1.165) is 25.7 Å². The summed E-state index contributed by atoms with van der Waals surface area (Å²) in [6.07, 6.45) is 4.95. The van der Waals surface area contributed by atoms with Crippen LogP contribution in [0.2, 0.25) is 0 Å². The minimum Gasteiger partial charge on any atom is -0.313 e. The number of carbonyl (C=O) groups excluding carboxylic acids is 2. The molecular formula is C10H16N2O2. The van der Waals surface area contributed by atoms with Gasteiger partial charge in [0.2, 0.25) is 0 Å². The Balaban J connectivity index is 2.33. The van der Waals surface area contributed by atoms with Crippen LogP contribution in [0.15, 0.2) is 0 Å². The normalized spacial score (nSPS) is 26.4. The van der Waals surface area contributed by atoms with Crippen molar-refractivity contribution in [3.8, 4) is 0 Å². The Kier molecular flexibility index (Phi) is 2.01. The third-order valence-electron chi connectivity index (χ3n) is 3.60. The first kappa shape index (κ1) is 9.49. The van der Waals surface area contributed by atoms with Gasteiger partial charge in [0.15, 0.2) is 0 Å². The summed E-state index contributed by atoms with van der Waals surface area (Å²) in [6, 6.07) is -0.156. The molecule has 0 bridgehead atoms. The van der Waals surface area contributed by atoms with Crippen molar-refractivity contribution in [3.05, 3.63) is 0 Å². The Hall–Kier alpha value is -1.06. The van der Waals surface area contributed by atoms with E-state index in [1.807, 2.05) is 0 Å². The van der Waals surface area contributed by atoms with Crippen LogP contribution in [0, 0.1) is 0 Å². The number of imide groups is 1. The minimum atomic E-state index is -0.496. The number of likely N-dealkylation sites (N-methyl/N-ethyl adjacent to an activating group) is 2. The summed E-state index contributed by atoms with van der Waals surface area (Å²) in [7, 11) is 3.32. The zero-order valence-corrected chi connectivity index (χ0v) is 8.75. The molecule has 1 saturated heterocycles. The molecule has 0 radical (unpaired) electrons. The molecule has 2 rings (SSSR count). The zero-order chi connectivity index (χ0) is 10.3. The summed E-state index contributed by atoms with van der Waals surface area (Å²) in [4.78, 5) is 26.5. The van der Waals surface area contributed by atoms with Gasteiger partial charge in [-0.1, -0.05) is 19.3 Å². The lowest BCUT2D eigenvalue weighted by Crippen LogP contribution is -2.49. The molecule has 1 aliphatic carbocycles. The van der Waals surface area contributed by atoms with Crippen molar-refractivity contribution in [3.63, 3.8) is 0 Å². The molecule has 4 heteroatoms. The van der Waals surface area contributed by atoms with E-state index in [1.54, 1.807) is 19.0 Å². The smallest absolute Gasteiger partial charge is 0.313 e. The van der Waals surface area contributed by atoms with Crippen LogP contribution in [-0.4, -0.2) is 41.4 Å². The minimum absolute atomic E-state index is 0.00954. The summed E-state index contributed by atoms with van der Waals surface area (Å²) in [5.41, 5.74) is -0.496. The molecule has 0 unspecified atom stereocenters. The Morgan fingerprint density at radius 1 is 1.07 bits per heavy atom. The maximum Gasteiger partial charge on any atom is 0.327 e. The highest BCUT2D eigenvalue weighted by Gasteiger charge is 2.54. The van der Waals surface area contributed by atoms with Gasteiger partial charge in [0, 0.05) is 14.1 Å². The summed E-state index contributed by atoms with van der Waals surface area (Å²) in [6.45, 7) is 0. The van der Waals surface area contributed by atoms with Gasteiger partial charge in [-0.2, -0.15) is 0 Å². The zero-order valence-electron chi connectivity index (χ0n) is 8.75. The predicted octanol–water partition coefficient (Wildman–Crippen LogP) is 1.21. The molecule has 78 valence electrons. The third-order valence-corrected chi connectivity index (χ3v) is 3.60. The van der Waals surface area contributed by atoms with Gasteiger partial charge in [-0.25, -0.2) is 4.79 Å². The number of hydrogen-bond donors (Lipinski definition) is 0. The number of rotatable bonds is 0. The van der Waals surface area contributed by atoms with Gasteiger partial charge >= 0.3 is 6.03 Å². The van der Waals surface area contributed by atoms with Gasteiger partial charge in [0.05, 0.1) is 0 Å². The van der Waals surface area contributed by atoms with Crippen LogP contribution in [0.4, 0.5) is 4.79 Å². The maximum atomic E-state index is 12.0. The maximum absolute atomic E-state index is 12.0. The summed E-state index contributed by atoms with van der Waals surface area (Å²) >= 11 is 0. The van der Waals surface area contributed by atoms with Crippen LogP contribution in [0.1, 0.15) is 32.1 Å². The number of carbonyl (C=O) groups is 2. The molecular weight excluding hydrogens is 180 g/mol. The molecule has 1 aliphatic heterocycles. The standard InChI is InChI=1S/C10H16N2O2/c1-11-8(13)10(12(2)9(11)14)6-4-3-5-7-10/h3-7H2,1-2H3. The molecule has 0 aromatic carbocycles. The van der Waals surface area contributed by atoms with Gasteiger partial charge in [-0.15, -0.1) is 0 Å². The average molecular weight is 196 g/mol. The van der Waals surface area contributed by atoms with E-state index in [4.69, 9.17) is 0 Å². The van der Waals surface area contributed by atoms with Gasteiger partial charge in [0.25, 0.3) is 5.91 Å². The van der Waals surface area contributed by atoms with E-state index in [-0.39, 0.29) is 11.9 Å². The fourth-order valence-corrected chi connectivity index (χ4v) is 2.64. The van der Waals surface area contributed by atoms with Crippen LogP contribution in [0.5, 0.6) is 0 Å². The van der Waals surface area contributed by atoms with Crippen LogP contribution >= 0.6 is 0 Å². The molecule has 1 heterocycles. The molecule has 3 amide bonds.